The fraction of sp³-hybridized carbons (Fsp3) is 0.611. The van der Waals surface area contributed by atoms with E-state index in [4.69, 9.17) is 9.84 Å². The summed E-state index contributed by atoms with van der Waals surface area (Å²) in [6.07, 6.45) is 5.78. The smallest absolute Gasteiger partial charge is 0.306 e. The molecule has 6 heteroatoms. The normalized spacial score (nSPS) is 30.2. The minimum absolute atomic E-state index is 0.108. The molecule has 0 aliphatic heterocycles. The first-order valence-corrected chi connectivity index (χ1v) is 8.63. The van der Waals surface area contributed by atoms with Gasteiger partial charge in [0.2, 0.25) is 0 Å². The Bertz CT molecular complexity index is 567. The number of carbonyl (C=O) groups is 1. The highest BCUT2D eigenvalue weighted by Crippen LogP contribution is 2.29. The molecule has 0 spiro atoms. The molecule has 0 aromatic heterocycles. The number of carboxylic acids is 1. The van der Waals surface area contributed by atoms with Gasteiger partial charge >= 0.3 is 5.97 Å². The Morgan fingerprint density at radius 2 is 1.71 bits per heavy atom. The SMILES string of the molecule is O=C(O)C1CCC(N[C@H]2CCC[C@H]2Oc2cc(F)cc(F)c2)CC1. The van der Waals surface area contributed by atoms with Gasteiger partial charge in [-0.1, -0.05) is 0 Å². The van der Waals surface area contributed by atoms with Gasteiger partial charge in [0.15, 0.2) is 0 Å². The van der Waals surface area contributed by atoms with E-state index >= 15 is 0 Å². The predicted octanol–water partition coefficient (Wildman–Crippen LogP) is 3.50. The zero-order chi connectivity index (χ0) is 17.1. The van der Waals surface area contributed by atoms with Crippen LogP contribution in [0.5, 0.6) is 5.75 Å². The average molecular weight is 339 g/mol. The molecule has 2 fully saturated rings. The molecule has 0 unspecified atom stereocenters. The van der Waals surface area contributed by atoms with Crippen molar-refractivity contribution in [2.24, 2.45) is 5.92 Å². The molecule has 2 saturated carbocycles. The molecular weight excluding hydrogens is 316 g/mol. The average Bonchev–Trinajstić information content (AvgIpc) is 2.93. The maximum atomic E-state index is 13.3. The quantitative estimate of drug-likeness (QED) is 0.862. The molecule has 24 heavy (non-hydrogen) atoms. The summed E-state index contributed by atoms with van der Waals surface area (Å²) in [4.78, 5) is 11.0. The molecule has 0 radical (unpaired) electrons. The Labute approximate surface area is 140 Å². The van der Waals surface area contributed by atoms with Crippen LogP contribution in [0.3, 0.4) is 0 Å². The molecule has 2 atom stereocenters. The second-order valence-corrected chi connectivity index (χ2v) is 6.85. The first-order chi connectivity index (χ1) is 11.5. The zero-order valence-corrected chi connectivity index (χ0v) is 13.5. The number of ether oxygens (including phenoxy) is 1. The maximum absolute atomic E-state index is 13.3. The van der Waals surface area contributed by atoms with E-state index in [-0.39, 0.29) is 23.8 Å². The fourth-order valence-corrected chi connectivity index (χ4v) is 3.84. The number of benzene rings is 1. The summed E-state index contributed by atoms with van der Waals surface area (Å²) in [6.45, 7) is 0. The topological polar surface area (TPSA) is 58.6 Å². The van der Waals surface area contributed by atoms with Crippen molar-refractivity contribution in [1.82, 2.24) is 5.32 Å². The van der Waals surface area contributed by atoms with Crippen LogP contribution in [0.1, 0.15) is 44.9 Å². The van der Waals surface area contributed by atoms with Gasteiger partial charge in [-0.25, -0.2) is 8.78 Å². The van der Waals surface area contributed by atoms with Gasteiger partial charge < -0.3 is 15.2 Å². The van der Waals surface area contributed by atoms with Gasteiger partial charge in [0.05, 0.1) is 5.92 Å². The summed E-state index contributed by atoms with van der Waals surface area (Å²) in [5, 5.41) is 12.6. The van der Waals surface area contributed by atoms with Crippen molar-refractivity contribution in [1.29, 1.82) is 0 Å². The summed E-state index contributed by atoms with van der Waals surface area (Å²) in [5.74, 6) is -1.99. The Hall–Kier alpha value is -1.69. The molecule has 0 amide bonds. The molecule has 2 N–H and O–H groups in total. The van der Waals surface area contributed by atoms with E-state index < -0.39 is 17.6 Å². The largest absolute Gasteiger partial charge is 0.489 e. The number of nitrogens with one attached hydrogen (secondary N) is 1. The fourth-order valence-electron chi connectivity index (χ4n) is 3.84. The maximum Gasteiger partial charge on any atom is 0.306 e. The second-order valence-electron chi connectivity index (χ2n) is 6.85. The van der Waals surface area contributed by atoms with Gasteiger partial charge in [-0.05, 0) is 44.9 Å². The zero-order valence-electron chi connectivity index (χ0n) is 13.5. The molecule has 132 valence electrons. The molecule has 1 aromatic rings. The summed E-state index contributed by atoms with van der Waals surface area (Å²) in [7, 11) is 0. The lowest BCUT2D eigenvalue weighted by Crippen LogP contribution is -2.46. The second kappa shape index (κ2) is 7.47. The lowest BCUT2D eigenvalue weighted by molar-refractivity contribution is -0.142. The third-order valence-electron chi connectivity index (χ3n) is 5.10. The number of rotatable bonds is 5. The number of hydrogen-bond donors (Lipinski definition) is 2. The van der Waals surface area contributed by atoms with Gasteiger partial charge in [0.25, 0.3) is 0 Å². The minimum Gasteiger partial charge on any atom is -0.489 e. The summed E-state index contributed by atoms with van der Waals surface area (Å²) in [6, 6.07) is 3.67. The molecule has 0 saturated heterocycles. The Balaban J connectivity index is 1.55. The first-order valence-electron chi connectivity index (χ1n) is 8.63. The van der Waals surface area contributed by atoms with E-state index in [2.05, 4.69) is 5.32 Å². The van der Waals surface area contributed by atoms with Gasteiger partial charge in [0, 0.05) is 30.3 Å². The number of halogens is 2. The van der Waals surface area contributed by atoms with Gasteiger partial charge in [0.1, 0.15) is 23.5 Å². The Morgan fingerprint density at radius 1 is 1.04 bits per heavy atom. The lowest BCUT2D eigenvalue weighted by Gasteiger charge is -2.31. The van der Waals surface area contributed by atoms with E-state index in [0.717, 1.165) is 38.2 Å². The number of aliphatic carboxylic acids is 1. The van der Waals surface area contributed by atoms with Crippen LogP contribution in [0.4, 0.5) is 8.78 Å². The number of carboxylic acid groups (broad SMARTS) is 1. The van der Waals surface area contributed by atoms with Crippen LogP contribution in [-0.4, -0.2) is 29.3 Å². The van der Waals surface area contributed by atoms with Crippen LogP contribution in [0.15, 0.2) is 18.2 Å². The van der Waals surface area contributed by atoms with Crippen molar-refractivity contribution < 1.29 is 23.4 Å². The number of hydrogen-bond acceptors (Lipinski definition) is 3. The highest BCUT2D eigenvalue weighted by Gasteiger charge is 2.33. The van der Waals surface area contributed by atoms with Crippen molar-refractivity contribution >= 4 is 5.97 Å². The highest BCUT2D eigenvalue weighted by molar-refractivity contribution is 5.70. The molecule has 3 rings (SSSR count). The summed E-state index contributed by atoms with van der Waals surface area (Å²) >= 11 is 0. The van der Waals surface area contributed by atoms with Gasteiger partial charge in [-0.3, -0.25) is 4.79 Å². The van der Waals surface area contributed by atoms with Gasteiger partial charge in [-0.15, -0.1) is 0 Å². The van der Waals surface area contributed by atoms with E-state index in [0.29, 0.717) is 18.9 Å². The highest BCUT2D eigenvalue weighted by atomic mass is 19.1. The molecule has 2 aliphatic carbocycles. The van der Waals surface area contributed by atoms with Crippen molar-refractivity contribution in [3.63, 3.8) is 0 Å². The Kier molecular flexibility index (Phi) is 5.33. The van der Waals surface area contributed by atoms with Crippen LogP contribution < -0.4 is 10.1 Å². The summed E-state index contributed by atoms with van der Waals surface area (Å²) in [5.41, 5.74) is 0. The van der Waals surface area contributed by atoms with Crippen LogP contribution >= 0.6 is 0 Å². The predicted molar refractivity (Wildman–Crippen MR) is 84.9 cm³/mol. The Morgan fingerprint density at radius 3 is 2.33 bits per heavy atom. The standard InChI is InChI=1S/C18H23F2NO3/c19-12-8-13(20)10-15(9-12)24-17-3-1-2-16(17)21-14-6-4-11(5-7-14)18(22)23/h8-11,14,16-17,21H,1-7H2,(H,22,23)/t11?,14?,16-,17+/m0/s1. The van der Waals surface area contributed by atoms with Crippen LogP contribution in [-0.2, 0) is 4.79 Å². The minimum atomic E-state index is -0.705. The molecule has 0 heterocycles. The van der Waals surface area contributed by atoms with E-state index in [1.165, 1.54) is 12.1 Å². The van der Waals surface area contributed by atoms with Crippen molar-refractivity contribution in [3.8, 4) is 5.75 Å². The monoisotopic (exact) mass is 339 g/mol. The summed E-state index contributed by atoms with van der Waals surface area (Å²) < 4.78 is 32.4. The molecular formula is C18H23F2NO3. The van der Waals surface area contributed by atoms with Gasteiger partial charge in [-0.2, -0.15) is 0 Å². The lowest BCUT2D eigenvalue weighted by atomic mass is 9.85. The van der Waals surface area contributed by atoms with Crippen molar-refractivity contribution in [3.05, 3.63) is 29.8 Å². The molecule has 2 aliphatic rings. The van der Waals surface area contributed by atoms with E-state index in [1.54, 1.807) is 0 Å². The molecule has 4 nitrogen and oxygen atoms in total. The van der Waals surface area contributed by atoms with Crippen LogP contribution in [0.2, 0.25) is 0 Å². The first kappa shape index (κ1) is 17.1. The third kappa shape index (κ3) is 4.23. The van der Waals surface area contributed by atoms with Crippen LogP contribution in [0.25, 0.3) is 0 Å². The third-order valence-corrected chi connectivity index (χ3v) is 5.10. The van der Waals surface area contributed by atoms with Crippen molar-refractivity contribution in [2.75, 3.05) is 0 Å². The van der Waals surface area contributed by atoms with E-state index in [1.807, 2.05) is 0 Å². The van der Waals surface area contributed by atoms with Crippen LogP contribution in [0, 0.1) is 17.6 Å². The van der Waals surface area contributed by atoms with Crippen molar-refractivity contribution in [2.45, 2.75) is 63.1 Å². The molecule has 0 bridgehead atoms. The van der Waals surface area contributed by atoms with E-state index in [9.17, 15) is 13.6 Å². The molecule has 1 aromatic carbocycles.